The number of aliphatic imine (C=N–C) groups is 1. The molecular formula is C11H15BrN4O. The van der Waals surface area contributed by atoms with Gasteiger partial charge >= 0.3 is 6.03 Å². The van der Waals surface area contributed by atoms with E-state index >= 15 is 0 Å². The third-order valence-electron chi connectivity index (χ3n) is 2.15. The maximum atomic E-state index is 11.6. The minimum Gasteiger partial charge on any atom is -0.370 e. The minimum atomic E-state index is -0.416. The Hall–Kier alpha value is -1.56. The number of amides is 2. The number of nitrogens with zero attached hydrogens (tertiary/aromatic N) is 1. The maximum Gasteiger partial charge on any atom is 0.326 e. The molecule has 92 valence electrons. The molecule has 2 amide bonds. The number of carbonyl (C=O) groups is 1. The fourth-order valence-electron chi connectivity index (χ4n) is 1.39. The Labute approximate surface area is 109 Å². The van der Waals surface area contributed by atoms with Gasteiger partial charge in [-0.05, 0) is 47.0 Å². The van der Waals surface area contributed by atoms with E-state index in [1.165, 1.54) is 7.05 Å². The smallest absolute Gasteiger partial charge is 0.326 e. The van der Waals surface area contributed by atoms with Crippen molar-refractivity contribution in [3.05, 3.63) is 27.7 Å². The first-order chi connectivity index (χ1) is 7.93. The molecule has 0 saturated carbocycles. The van der Waals surface area contributed by atoms with Crippen LogP contribution >= 0.6 is 15.9 Å². The lowest BCUT2D eigenvalue weighted by Crippen LogP contribution is -2.39. The predicted octanol–water partition coefficient (Wildman–Crippen LogP) is 2.13. The summed E-state index contributed by atoms with van der Waals surface area (Å²) in [5, 5.41) is 5.12. The SMILES string of the molecule is CN=C(N)NC(=O)Nc1c(C)cc(C)cc1Br. The summed E-state index contributed by atoms with van der Waals surface area (Å²) >= 11 is 3.41. The average molecular weight is 299 g/mol. The second-order valence-corrected chi connectivity index (χ2v) is 4.48. The highest BCUT2D eigenvalue weighted by Crippen LogP contribution is 2.27. The Morgan fingerprint density at radius 3 is 2.59 bits per heavy atom. The fourth-order valence-corrected chi connectivity index (χ4v) is 2.16. The van der Waals surface area contributed by atoms with Gasteiger partial charge in [-0.15, -0.1) is 0 Å². The van der Waals surface area contributed by atoms with Crippen LogP contribution in [0.1, 0.15) is 11.1 Å². The molecular weight excluding hydrogens is 284 g/mol. The van der Waals surface area contributed by atoms with Crippen molar-refractivity contribution in [3.8, 4) is 0 Å². The molecule has 0 bridgehead atoms. The molecule has 0 spiro atoms. The van der Waals surface area contributed by atoms with E-state index in [2.05, 4.69) is 31.6 Å². The number of hydrogen-bond donors (Lipinski definition) is 3. The summed E-state index contributed by atoms with van der Waals surface area (Å²) in [6.45, 7) is 3.91. The molecule has 0 aliphatic rings. The summed E-state index contributed by atoms with van der Waals surface area (Å²) in [7, 11) is 1.50. The molecule has 6 heteroatoms. The lowest BCUT2D eigenvalue weighted by molar-refractivity contribution is 0.256. The van der Waals surface area contributed by atoms with Crippen molar-refractivity contribution in [2.24, 2.45) is 10.7 Å². The number of anilines is 1. The minimum absolute atomic E-state index is 0.0726. The van der Waals surface area contributed by atoms with Crippen LogP contribution in [0.3, 0.4) is 0 Å². The van der Waals surface area contributed by atoms with Crippen LogP contribution < -0.4 is 16.4 Å². The molecule has 5 nitrogen and oxygen atoms in total. The third kappa shape index (κ3) is 3.74. The van der Waals surface area contributed by atoms with Gasteiger partial charge < -0.3 is 11.1 Å². The van der Waals surface area contributed by atoms with Crippen molar-refractivity contribution >= 4 is 33.6 Å². The van der Waals surface area contributed by atoms with E-state index in [0.29, 0.717) is 0 Å². The molecule has 17 heavy (non-hydrogen) atoms. The molecule has 0 aromatic heterocycles. The number of carbonyl (C=O) groups excluding carboxylic acids is 1. The van der Waals surface area contributed by atoms with Gasteiger partial charge in [0.1, 0.15) is 0 Å². The van der Waals surface area contributed by atoms with Crippen LogP contribution in [0.15, 0.2) is 21.6 Å². The van der Waals surface area contributed by atoms with Crippen molar-refractivity contribution in [2.45, 2.75) is 13.8 Å². The molecule has 0 heterocycles. The van der Waals surface area contributed by atoms with Crippen molar-refractivity contribution in [2.75, 3.05) is 12.4 Å². The zero-order chi connectivity index (χ0) is 13.0. The monoisotopic (exact) mass is 298 g/mol. The van der Waals surface area contributed by atoms with Gasteiger partial charge in [0.05, 0.1) is 5.69 Å². The average Bonchev–Trinajstić information content (AvgIpc) is 2.23. The number of nitrogens with two attached hydrogens (primary N) is 1. The Morgan fingerprint density at radius 2 is 2.06 bits per heavy atom. The van der Waals surface area contributed by atoms with E-state index < -0.39 is 6.03 Å². The molecule has 0 fully saturated rings. The Bertz CT molecular complexity index is 448. The van der Waals surface area contributed by atoms with E-state index in [-0.39, 0.29) is 5.96 Å². The first-order valence-corrected chi connectivity index (χ1v) is 5.80. The number of nitrogens with one attached hydrogen (secondary N) is 2. The first kappa shape index (κ1) is 13.5. The number of hydrogen-bond acceptors (Lipinski definition) is 2. The van der Waals surface area contributed by atoms with Gasteiger partial charge in [-0.1, -0.05) is 6.07 Å². The zero-order valence-corrected chi connectivity index (χ0v) is 11.6. The van der Waals surface area contributed by atoms with Crippen LogP contribution in [0.4, 0.5) is 10.5 Å². The van der Waals surface area contributed by atoms with Gasteiger partial charge in [0, 0.05) is 11.5 Å². The van der Waals surface area contributed by atoms with E-state index in [9.17, 15) is 4.79 Å². The second kappa shape index (κ2) is 5.67. The molecule has 1 rings (SSSR count). The van der Waals surface area contributed by atoms with Crippen molar-refractivity contribution < 1.29 is 4.79 Å². The van der Waals surface area contributed by atoms with E-state index in [0.717, 1.165) is 21.3 Å². The van der Waals surface area contributed by atoms with E-state index in [1.54, 1.807) is 0 Å². The maximum absolute atomic E-state index is 11.6. The van der Waals surface area contributed by atoms with Crippen LogP contribution in [0.2, 0.25) is 0 Å². The number of urea groups is 1. The highest BCUT2D eigenvalue weighted by Gasteiger charge is 2.09. The van der Waals surface area contributed by atoms with E-state index in [4.69, 9.17) is 5.73 Å². The van der Waals surface area contributed by atoms with Crippen LogP contribution in [0.5, 0.6) is 0 Å². The number of benzene rings is 1. The fraction of sp³-hybridized carbons (Fsp3) is 0.273. The summed E-state index contributed by atoms with van der Waals surface area (Å²) in [4.78, 5) is 15.2. The lowest BCUT2D eigenvalue weighted by Gasteiger charge is -2.12. The molecule has 0 radical (unpaired) electrons. The Balaban J connectivity index is 2.85. The van der Waals surface area contributed by atoms with Crippen molar-refractivity contribution in [1.29, 1.82) is 0 Å². The lowest BCUT2D eigenvalue weighted by atomic mass is 10.1. The highest BCUT2D eigenvalue weighted by atomic mass is 79.9. The Kier molecular flexibility index (Phi) is 4.51. The molecule has 0 unspecified atom stereocenters. The predicted molar refractivity (Wildman–Crippen MR) is 73.3 cm³/mol. The van der Waals surface area contributed by atoms with E-state index in [1.807, 2.05) is 26.0 Å². The highest BCUT2D eigenvalue weighted by molar-refractivity contribution is 9.10. The van der Waals surface area contributed by atoms with Gasteiger partial charge in [-0.25, -0.2) is 4.79 Å². The molecule has 0 atom stereocenters. The Morgan fingerprint density at radius 1 is 1.41 bits per heavy atom. The van der Waals surface area contributed by atoms with Crippen LogP contribution in [-0.2, 0) is 0 Å². The molecule has 1 aromatic rings. The molecule has 1 aromatic carbocycles. The van der Waals surface area contributed by atoms with Gasteiger partial charge in [0.25, 0.3) is 0 Å². The normalized spacial score (nSPS) is 11.2. The molecule has 0 aliphatic carbocycles. The molecule has 0 saturated heterocycles. The second-order valence-electron chi connectivity index (χ2n) is 3.63. The number of rotatable bonds is 1. The van der Waals surface area contributed by atoms with Crippen molar-refractivity contribution in [1.82, 2.24) is 5.32 Å². The summed E-state index contributed by atoms with van der Waals surface area (Å²) < 4.78 is 0.831. The zero-order valence-electron chi connectivity index (χ0n) is 9.97. The van der Waals surface area contributed by atoms with Crippen molar-refractivity contribution in [3.63, 3.8) is 0 Å². The van der Waals surface area contributed by atoms with Crippen LogP contribution in [0.25, 0.3) is 0 Å². The van der Waals surface area contributed by atoms with Gasteiger partial charge in [-0.3, -0.25) is 10.3 Å². The number of halogens is 1. The quantitative estimate of drug-likeness (QED) is 0.548. The largest absolute Gasteiger partial charge is 0.370 e. The summed E-state index contributed by atoms with van der Waals surface area (Å²) in [6, 6.07) is 3.50. The topological polar surface area (TPSA) is 79.5 Å². The van der Waals surface area contributed by atoms with Gasteiger partial charge in [-0.2, -0.15) is 0 Å². The van der Waals surface area contributed by atoms with Crippen LogP contribution in [0, 0.1) is 13.8 Å². The standard InChI is InChI=1S/C11H15BrN4O/c1-6-4-7(2)9(8(12)5-6)15-11(17)16-10(13)14-3/h4-5H,1-3H3,(H4,13,14,15,16,17). The van der Waals surface area contributed by atoms with Gasteiger partial charge in [0.2, 0.25) is 0 Å². The summed E-state index contributed by atoms with van der Waals surface area (Å²) in [5.74, 6) is 0.0726. The summed E-state index contributed by atoms with van der Waals surface area (Å²) in [5.41, 5.74) is 8.21. The molecule has 4 N–H and O–H groups in total. The molecule has 0 aliphatic heterocycles. The third-order valence-corrected chi connectivity index (χ3v) is 2.78. The number of aryl methyl sites for hydroxylation is 2. The number of guanidine groups is 1. The van der Waals surface area contributed by atoms with Crippen LogP contribution in [-0.4, -0.2) is 19.0 Å². The summed E-state index contributed by atoms with van der Waals surface area (Å²) in [6.07, 6.45) is 0. The van der Waals surface area contributed by atoms with Gasteiger partial charge in [0.15, 0.2) is 5.96 Å². The first-order valence-electron chi connectivity index (χ1n) is 5.01.